The minimum absolute atomic E-state index is 0.318. The van der Waals surface area contributed by atoms with E-state index in [-0.39, 0.29) is 0 Å². The molecule has 88 valence electrons. The summed E-state index contributed by atoms with van der Waals surface area (Å²) in [6.45, 7) is 3.44. The molecule has 2 rings (SSSR count). The Labute approximate surface area is 101 Å². The fourth-order valence-corrected chi connectivity index (χ4v) is 3.04. The second kappa shape index (κ2) is 5.46. The number of hydrogen-bond donors (Lipinski definition) is 2. The molecule has 2 heterocycles. The average molecular weight is 237 g/mol. The van der Waals surface area contributed by atoms with Gasteiger partial charge in [0.1, 0.15) is 0 Å². The van der Waals surface area contributed by atoms with Gasteiger partial charge >= 0.3 is 0 Å². The molecule has 1 aliphatic heterocycles. The first-order valence-corrected chi connectivity index (χ1v) is 6.74. The van der Waals surface area contributed by atoms with Gasteiger partial charge in [0.15, 0.2) is 0 Å². The van der Waals surface area contributed by atoms with Crippen LogP contribution in [0.25, 0.3) is 0 Å². The summed E-state index contributed by atoms with van der Waals surface area (Å²) in [5, 5.41) is 9.36. The van der Waals surface area contributed by atoms with Crippen molar-refractivity contribution in [1.82, 2.24) is 4.90 Å². The molecular weight excluding hydrogens is 218 g/mol. The summed E-state index contributed by atoms with van der Waals surface area (Å²) in [7, 11) is 0. The number of hydrogen-bond acceptors (Lipinski definition) is 3. The van der Waals surface area contributed by atoms with Crippen LogP contribution in [0.1, 0.15) is 29.7 Å². The van der Waals surface area contributed by atoms with Gasteiger partial charge in [-0.3, -0.25) is 10.3 Å². The lowest BCUT2D eigenvalue weighted by Crippen LogP contribution is -2.30. The summed E-state index contributed by atoms with van der Waals surface area (Å²) in [5.74, 6) is 0.318. The summed E-state index contributed by atoms with van der Waals surface area (Å²) in [6.07, 6.45) is 4.15. The fraction of sp³-hybridized carbons (Fsp3) is 0.583. The zero-order valence-corrected chi connectivity index (χ0v) is 10.4. The first kappa shape index (κ1) is 11.6. The molecule has 0 bridgehead atoms. The van der Waals surface area contributed by atoms with E-state index in [1.807, 2.05) is 11.3 Å². The van der Waals surface area contributed by atoms with E-state index in [1.54, 1.807) is 4.88 Å². The molecule has 3 nitrogen and oxygen atoms in total. The van der Waals surface area contributed by atoms with E-state index in [4.69, 9.17) is 11.1 Å². The number of amidine groups is 1. The number of nitrogens with one attached hydrogen (secondary N) is 1. The largest absolute Gasteiger partial charge is 0.388 e. The Morgan fingerprint density at radius 1 is 1.50 bits per heavy atom. The number of nitrogens with two attached hydrogens (primary N) is 1. The summed E-state index contributed by atoms with van der Waals surface area (Å²) >= 11 is 1.89. The van der Waals surface area contributed by atoms with Crippen molar-refractivity contribution in [2.75, 3.05) is 13.1 Å². The van der Waals surface area contributed by atoms with Crippen molar-refractivity contribution in [3.63, 3.8) is 0 Å². The molecule has 0 radical (unpaired) electrons. The summed E-state index contributed by atoms with van der Waals surface area (Å²) < 4.78 is 0. The van der Waals surface area contributed by atoms with Crippen LogP contribution >= 0.6 is 11.3 Å². The molecule has 1 aromatic rings. The standard InChI is InChI=1S/C12H19N3S/c13-12(14)3-1-2-6-15-7-4-11-10(9-15)5-8-16-11/h5,8H,1-4,6-7,9H2,(H3,13,14). The molecule has 4 heteroatoms. The van der Waals surface area contributed by atoms with Crippen LogP contribution in [0, 0.1) is 5.41 Å². The second-order valence-electron chi connectivity index (χ2n) is 4.38. The third-order valence-electron chi connectivity index (χ3n) is 3.06. The van der Waals surface area contributed by atoms with E-state index in [0.717, 1.165) is 32.4 Å². The van der Waals surface area contributed by atoms with Crippen LogP contribution in [-0.4, -0.2) is 23.8 Å². The normalized spacial score (nSPS) is 16.0. The third-order valence-corrected chi connectivity index (χ3v) is 4.08. The van der Waals surface area contributed by atoms with Gasteiger partial charge in [-0.2, -0.15) is 0 Å². The highest BCUT2D eigenvalue weighted by atomic mass is 32.1. The highest BCUT2D eigenvalue weighted by Crippen LogP contribution is 2.23. The molecule has 0 fully saturated rings. The van der Waals surface area contributed by atoms with Gasteiger partial charge in [0.2, 0.25) is 0 Å². The first-order chi connectivity index (χ1) is 7.75. The number of fused-ring (bicyclic) bond motifs is 1. The van der Waals surface area contributed by atoms with E-state index in [0.29, 0.717) is 5.84 Å². The lowest BCUT2D eigenvalue weighted by molar-refractivity contribution is 0.251. The molecule has 0 saturated carbocycles. The molecule has 0 aliphatic carbocycles. The maximum absolute atomic E-state index is 7.16. The van der Waals surface area contributed by atoms with Crippen LogP contribution in [-0.2, 0) is 13.0 Å². The van der Waals surface area contributed by atoms with Gasteiger partial charge in [-0.15, -0.1) is 11.3 Å². The van der Waals surface area contributed by atoms with Crippen LogP contribution in [0.15, 0.2) is 11.4 Å². The van der Waals surface area contributed by atoms with Gasteiger partial charge in [0, 0.05) is 24.4 Å². The number of thiophene rings is 1. The second-order valence-corrected chi connectivity index (χ2v) is 5.38. The Balaban J connectivity index is 1.71. The highest BCUT2D eigenvalue weighted by Gasteiger charge is 2.16. The molecular formula is C12H19N3S. The predicted octanol–water partition coefficient (Wildman–Crippen LogP) is 2.21. The zero-order valence-electron chi connectivity index (χ0n) is 9.54. The fourth-order valence-electron chi connectivity index (χ4n) is 2.15. The Morgan fingerprint density at radius 2 is 2.38 bits per heavy atom. The van der Waals surface area contributed by atoms with Gasteiger partial charge in [-0.25, -0.2) is 0 Å². The summed E-state index contributed by atoms with van der Waals surface area (Å²) in [5.41, 5.74) is 6.85. The van der Waals surface area contributed by atoms with Crippen molar-refractivity contribution >= 4 is 17.2 Å². The van der Waals surface area contributed by atoms with Crippen LogP contribution in [0.2, 0.25) is 0 Å². The smallest absolute Gasteiger partial charge is 0.0905 e. The van der Waals surface area contributed by atoms with Crippen molar-refractivity contribution in [2.45, 2.75) is 32.2 Å². The number of unbranched alkanes of at least 4 members (excludes halogenated alkanes) is 1. The lowest BCUT2D eigenvalue weighted by Gasteiger charge is -2.26. The molecule has 0 spiro atoms. The Kier molecular flexibility index (Phi) is 3.96. The highest BCUT2D eigenvalue weighted by molar-refractivity contribution is 7.10. The van der Waals surface area contributed by atoms with Gasteiger partial charge in [0.25, 0.3) is 0 Å². The van der Waals surface area contributed by atoms with Gasteiger partial charge in [0.05, 0.1) is 5.84 Å². The van der Waals surface area contributed by atoms with Gasteiger partial charge < -0.3 is 5.73 Å². The van der Waals surface area contributed by atoms with Crippen molar-refractivity contribution in [3.05, 3.63) is 21.9 Å². The molecule has 1 aromatic heterocycles. The van der Waals surface area contributed by atoms with Crippen molar-refractivity contribution in [2.24, 2.45) is 5.73 Å². The maximum Gasteiger partial charge on any atom is 0.0905 e. The van der Waals surface area contributed by atoms with Crippen LogP contribution < -0.4 is 5.73 Å². The molecule has 0 atom stereocenters. The molecule has 3 N–H and O–H groups in total. The van der Waals surface area contributed by atoms with E-state index in [2.05, 4.69) is 16.3 Å². The van der Waals surface area contributed by atoms with Crippen LogP contribution in [0.4, 0.5) is 0 Å². The van der Waals surface area contributed by atoms with Crippen LogP contribution in [0.3, 0.4) is 0 Å². The van der Waals surface area contributed by atoms with E-state index >= 15 is 0 Å². The number of rotatable bonds is 5. The Hall–Kier alpha value is -0.870. The molecule has 0 amide bonds. The average Bonchev–Trinajstić information content (AvgIpc) is 2.71. The minimum atomic E-state index is 0.318. The van der Waals surface area contributed by atoms with E-state index < -0.39 is 0 Å². The minimum Gasteiger partial charge on any atom is -0.388 e. The van der Waals surface area contributed by atoms with E-state index in [9.17, 15) is 0 Å². The summed E-state index contributed by atoms with van der Waals surface area (Å²) in [4.78, 5) is 4.08. The quantitative estimate of drug-likeness (QED) is 0.469. The van der Waals surface area contributed by atoms with E-state index in [1.165, 1.54) is 18.5 Å². The topological polar surface area (TPSA) is 53.1 Å². The lowest BCUT2D eigenvalue weighted by atomic mass is 10.1. The monoisotopic (exact) mass is 237 g/mol. The molecule has 0 saturated heterocycles. The predicted molar refractivity (Wildman–Crippen MR) is 69.1 cm³/mol. The maximum atomic E-state index is 7.16. The molecule has 16 heavy (non-hydrogen) atoms. The third kappa shape index (κ3) is 3.06. The summed E-state index contributed by atoms with van der Waals surface area (Å²) in [6, 6.07) is 2.25. The molecule has 0 aromatic carbocycles. The first-order valence-electron chi connectivity index (χ1n) is 5.86. The molecule has 0 unspecified atom stereocenters. The Morgan fingerprint density at radius 3 is 3.19 bits per heavy atom. The van der Waals surface area contributed by atoms with Crippen molar-refractivity contribution < 1.29 is 0 Å². The molecule has 1 aliphatic rings. The van der Waals surface area contributed by atoms with Gasteiger partial charge in [-0.05, 0) is 42.8 Å². The van der Waals surface area contributed by atoms with Crippen molar-refractivity contribution in [1.29, 1.82) is 5.41 Å². The number of nitrogens with zero attached hydrogens (tertiary/aromatic N) is 1. The SMILES string of the molecule is N=C(N)CCCCN1CCc2sccc2C1. The zero-order chi connectivity index (χ0) is 11.4. The van der Waals surface area contributed by atoms with Gasteiger partial charge in [-0.1, -0.05) is 0 Å². The Bertz CT molecular complexity index is 359. The van der Waals surface area contributed by atoms with Crippen molar-refractivity contribution in [3.8, 4) is 0 Å². The van der Waals surface area contributed by atoms with Crippen LogP contribution in [0.5, 0.6) is 0 Å².